The molecule has 0 spiro atoms. The third kappa shape index (κ3) is 8.39. The number of non-ortho nitro benzene ring substituents is 1. The van der Waals surface area contributed by atoms with Crippen LogP contribution in [0.4, 0.5) is 11.4 Å². The molecule has 1 aromatic rings. The van der Waals surface area contributed by atoms with E-state index in [1.807, 2.05) is 0 Å². The Kier molecular flexibility index (Phi) is 10.1. The molecule has 164 valence electrons. The highest BCUT2D eigenvalue weighted by molar-refractivity contribution is 7.92. The molecule has 0 bridgehead atoms. The van der Waals surface area contributed by atoms with Gasteiger partial charge in [0.05, 0.1) is 16.9 Å². The topological polar surface area (TPSA) is 110 Å². The van der Waals surface area contributed by atoms with Gasteiger partial charge in [0.2, 0.25) is 15.9 Å². The van der Waals surface area contributed by atoms with E-state index in [-0.39, 0.29) is 30.2 Å². The lowest BCUT2D eigenvalue weighted by Crippen LogP contribution is -2.33. The first-order chi connectivity index (χ1) is 13.6. The zero-order valence-corrected chi connectivity index (χ0v) is 18.6. The highest BCUT2D eigenvalue weighted by atomic mass is 32.2. The van der Waals surface area contributed by atoms with Crippen molar-refractivity contribution >= 4 is 27.3 Å². The van der Waals surface area contributed by atoms with Crippen molar-refractivity contribution in [2.75, 3.05) is 23.7 Å². The molecule has 8 nitrogen and oxygen atoms in total. The van der Waals surface area contributed by atoms with E-state index in [9.17, 15) is 23.3 Å². The Labute approximate surface area is 173 Å². The highest BCUT2D eigenvalue weighted by Gasteiger charge is 2.22. The first-order valence-corrected chi connectivity index (χ1v) is 11.9. The number of hydrogen-bond donors (Lipinski definition) is 1. The van der Waals surface area contributed by atoms with Crippen LogP contribution in [0.3, 0.4) is 0 Å². The highest BCUT2D eigenvalue weighted by Crippen LogP contribution is 2.27. The quantitative estimate of drug-likeness (QED) is 0.380. The number of carbonyl (C=O) groups is 1. The van der Waals surface area contributed by atoms with Crippen LogP contribution in [0.1, 0.15) is 57.9 Å². The molecule has 9 heteroatoms. The largest absolute Gasteiger partial charge is 0.356 e. The second-order valence-electron chi connectivity index (χ2n) is 7.39. The van der Waals surface area contributed by atoms with Crippen LogP contribution in [0.25, 0.3) is 0 Å². The molecule has 1 atom stereocenters. The first kappa shape index (κ1) is 24.9. The molecule has 0 aliphatic rings. The second kappa shape index (κ2) is 11.7. The zero-order chi connectivity index (χ0) is 22.0. The molecule has 1 amide bonds. The molecule has 0 heterocycles. The molecule has 0 saturated heterocycles. The molecule has 0 radical (unpaired) electrons. The van der Waals surface area contributed by atoms with E-state index in [0.717, 1.165) is 36.2 Å². The van der Waals surface area contributed by atoms with E-state index < -0.39 is 14.9 Å². The average molecular weight is 428 g/mol. The first-order valence-electron chi connectivity index (χ1n) is 10.1. The average Bonchev–Trinajstić information content (AvgIpc) is 2.65. The monoisotopic (exact) mass is 427 g/mol. The predicted octanol–water partition coefficient (Wildman–Crippen LogP) is 3.78. The molecule has 1 N–H and O–H groups in total. The van der Waals surface area contributed by atoms with Crippen LogP contribution in [-0.2, 0) is 14.8 Å². The van der Waals surface area contributed by atoms with E-state index in [4.69, 9.17) is 0 Å². The minimum absolute atomic E-state index is 0.0846. The number of carbonyl (C=O) groups excluding carboxylic acids is 1. The van der Waals surface area contributed by atoms with Crippen molar-refractivity contribution in [1.29, 1.82) is 0 Å². The van der Waals surface area contributed by atoms with Gasteiger partial charge in [-0.25, -0.2) is 8.42 Å². The van der Waals surface area contributed by atoms with Gasteiger partial charge in [-0.15, -0.1) is 0 Å². The van der Waals surface area contributed by atoms with Crippen LogP contribution in [0, 0.1) is 23.0 Å². The minimum atomic E-state index is -3.64. The van der Waals surface area contributed by atoms with Crippen molar-refractivity contribution in [1.82, 2.24) is 5.32 Å². The van der Waals surface area contributed by atoms with E-state index >= 15 is 0 Å². The number of amides is 1. The number of benzene rings is 1. The zero-order valence-electron chi connectivity index (χ0n) is 17.8. The number of hydrogen-bond acceptors (Lipinski definition) is 5. The summed E-state index contributed by atoms with van der Waals surface area (Å²) in [5, 5.41) is 14.0. The molecular formula is C20H33N3O5S. The number of sulfonamides is 1. The summed E-state index contributed by atoms with van der Waals surface area (Å²) in [6, 6.07) is 4.13. The van der Waals surface area contributed by atoms with Gasteiger partial charge in [-0.05, 0) is 31.2 Å². The standard InChI is InChI=1S/C20H33N3O5S/c1-5-7-9-17(6-2)15-21-20(24)10-8-13-22(29(4,27)28)19-14-18(23(25)26)12-11-16(19)3/h11-12,14,17H,5-10,13,15H2,1-4H3,(H,21,24). The fraction of sp³-hybridized carbons (Fsp3) is 0.650. The molecule has 29 heavy (non-hydrogen) atoms. The fourth-order valence-corrected chi connectivity index (χ4v) is 4.13. The van der Waals surface area contributed by atoms with Crippen molar-refractivity contribution in [2.24, 2.45) is 5.92 Å². The van der Waals surface area contributed by atoms with E-state index in [1.54, 1.807) is 6.92 Å². The Morgan fingerprint density at radius 3 is 2.52 bits per heavy atom. The Balaban J connectivity index is 2.72. The van der Waals surface area contributed by atoms with Crippen LogP contribution in [0.15, 0.2) is 18.2 Å². The Morgan fingerprint density at radius 1 is 1.28 bits per heavy atom. The van der Waals surface area contributed by atoms with Gasteiger partial charge in [-0.2, -0.15) is 0 Å². The van der Waals surface area contributed by atoms with Gasteiger partial charge >= 0.3 is 0 Å². The van der Waals surface area contributed by atoms with Gasteiger partial charge in [0.15, 0.2) is 0 Å². The van der Waals surface area contributed by atoms with Gasteiger partial charge < -0.3 is 5.32 Å². The third-order valence-electron chi connectivity index (χ3n) is 4.97. The van der Waals surface area contributed by atoms with E-state index in [2.05, 4.69) is 19.2 Å². The Bertz CT molecular complexity index is 795. The molecule has 1 rings (SSSR count). The number of unbranched alkanes of at least 4 members (excludes halogenated alkanes) is 1. The molecule has 0 aromatic heterocycles. The Morgan fingerprint density at radius 2 is 1.97 bits per heavy atom. The number of nitro groups is 1. The number of nitrogens with one attached hydrogen (secondary N) is 1. The van der Waals surface area contributed by atoms with Crippen LogP contribution in [0.5, 0.6) is 0 Å². The summed E-state index contributed by atoms with van der Waals surface area (Å²) < 4.78 is 25.6. The van der Waals surface area contributed by atoms with Crippen molar-refractivity contribution in [3.05, 3.63) is 33.9 Å². The molecule has 0 saturated carbocycles. The maximum absolute atomic E-state index is 12.3. The number of nitro benzene ring substituents is 1. The smallest absolute Gasteiger partial charge is 0.271 e. The lowest BCUT2D eigenvalue weighted by molar-refractivity contribution is -0.384. The summed E-state index contributed by atoms with van der Waals surface area (Å²) in [5.41, 5.74) is 0.717. The van der Waals surface area contributed by atoms with Crippen LogP contribution < -0.4 is 9.62 Å². The maximum Gasteiger partial charge on any atom is 0.271 e. The molecule has 0 fully saturated rings. The molecule has 0 aliphatic heterocycles. The summed E-state index contributed by atoms with van der Waals surface area (Å²) in [4.78, 5) is 22.6. The van der Waals surface area contributed by atoms with Gasteiger partial charge in [-0.3, -0.25) is 19.2 Å². The summed E-state index contributed by atoms with van der Waals surface area (Å²) in [6.07, 6.45) is 5.94. The lowest BCUT2D eigenvalue weighted by Gasteiger charge is -2.24. The third-order valence-corrected chi connectivity index (χ3v) is 6.15. The van der Waals surface area contributed by atoms with Crippen molar-refractivity contribution < 1.29 is 18.1 Å². The SMILES string of the molecule is CCCCC(CC)CNC(=O)CCCN(c1cc([N+](=O)[O-])ccc1C)S(C)(=O)=O. The molecule has 1 unspecified atom stereocenters. The van der Waals surface area contributed by atoms with Crippen LogP contribution in [-0.4, -0.2) is 38.6 Å². The summed E-state index contributed by atoms with van der Waals surface area (Å²) in [7, 11) is -3.64. The molecular weight excluding hydrogens is 394 g/mol. The van der Waals surface area contributed by atoms with Crippen molar-refractivity contribution in [3.63, 3.8) is 0 Å². The van der Waals surface area contributed by atoms with Gasteiger partial charge in [0.1, 0.15) is 0 Å². The minimum Gasteiger partial charge on any atom is -0.356 e. The number of nitrogens with zero attached hydrogens (tertiary/aromatic N) is 2. The summed E-state index contributed by atoms with van der Waals surface area (Å²) >= 11 is 0. The predicted molar refractivity (Wildman–Crippen MR) is 116 cm³/mol. The number of aryl methyl sites for hydroxylation is 1. The van der Waals surface area contributed by atoms with E-state index in [1.165, 1.54) is 18.2 Å². The van der Waals surface area contributed by atoms with Crippen LogP contribution >= 0.6 is 0 Å². The van der Waals surface area contributed by atoms with Gasteiger partial charge in [0, 0.05) is 31.6 Å². The van der Waals surface area contributed by atoms with Crippen LogP contribution in [0.2, 0.25) is 0 Å². The fourth-order valence-electron chi connectivity index (χ4n) is 3.12. The maximum atomic E-state index is 12.3. The van der Waals surface area contributed by atoms with E-state index in [0.29, 0.717) is 24.4 Å². The normalized spacial score (nSPS) is 12.4. The molecule has 1 aromatic carbocycles. The van der Waals surface area contributed by atoms with Gasteiger partial charge in [0.25, 0.3) is 5.69 Å². The second-order valence-corrected chi connectivity index (χ2v) is 9.29. The molecule has 0 aliphatic carbocycles. The van der Waals surface area contributed by atoms with Crippen molar-refractivity contribution in [2.45, 2.75) is 59.3 Å². The van der Waals surface area contributed by atoms with Gasteiger partial charge in [-0.1, -0.05) is 39.2 Å². The Hall–Kier alpha value is -2.16. The van der Waals surface area contributed by atoms with Crippen molar-refractivity contribution in [3.8, 4) is 0 Å². The number of anilines is 1. The lowest BCUT2D eigenvalue weighted by atomic mass is 9.99. The number of rotatable bonds is 13. The summed E-state index contributed by atoms with van der Waals surface area (Å²) in [6.45, 7) is 6.67. The summed E-state index contributed by atoms with van der Waals surface area (Å²) in [5.74, 6) is 0.350.